The highest BCUT2D eigenvalue weighted by atomic mass is 19.4. The molecule has 226 valence electrons. The average molecular weight is 567 g/mol. The number of carbonyl (C=O) groups excluding carboxylic acids is 2. The van der Waals surface area contributed by atoms with E-state index in [9.17, 15) is 40.3 Å². The highest BCUT2D eigenvalue weighted by Crippen LogP contribution is 2.47. The van der Waals surface area contributed by atoms with Gasteiger partial charge < -0.3 is 9.47 Å². The lowest BCUT2D eigenvalue weighted by molar-refractivity contribution is -0.349. The van der Waals surface area contributed by atoms with Crippen molar-refractivity contribution >= 4 is 11.9 Å². The Morgan fingerprint density at radius 1 is 0.605 bits per heavy atom. The van der Waals surface area contributed by atoms with Gasteiger partial charge in [0.05, 0.1) is 7.11 Å². The van der Waals surface area contributed by atoms with Crippen LogP contribution in [0.2, 0.25) is 0 Å². The lowest BCUT2D eigenvalue weighted by Gasteiger charge is -2.27. The third-order valence-corrected chi connectivity index (χ3v) is 6.54. The maximum atomic E-state index is 13.5. The number of hydrogen-bond acceptors (Lipinski definition) is 4. The molecule has 1 unspecified atom stereocenters. The van der Waals surface area contributed by atoms with E-state index in [1.807, 2.05) is 0 Å². The van der Waals surface area contributed by atoms with Crippen molar-refractivity contribution < 1.29 is 49.8 Å². The van der Waals surface area contributed by atoms with E-state index in [2.05, 4.69) is 16.4 Å². The summed E-state index contributed by atoms with van der Waals surface area (Å²) in [5.74, 6) is -17.3. The minimum absolute atomic E-state index is 0.215. The highest BCUT2D eigenvalue weighted by molar-refractivity contribution is 5.83. The Hall–Kier alpha value is -1.55. The summed E-state index contributed by atoms with van der Waals surface area (Å²) >= 11 is 0. The van der Waals surface area contributed by atoms with Crippen molar-refractivity contribution in [2.45, 2.75) is 153 Å². The van der Waals surface area contributed by atoms with Crippen LogP contribution < -0.4 is 0 Å². The van der Waals surface area contributed by atoms with Gasteiger partial charge in [0.25, 0.3) is 0 Å². The smallest absolute Gasteiger partial charge is 0.460 e. The van der Waals surface area contributed by atoms with Gasteiger partial charge in [-0.15, -0.1) is 0 Å². The molecule has 0 radical (unpaired) electrons. The van der Waals surface area contributed by atoms with E-state index in [0.29, 0.717) is 6.42 Å². The molecule has 38 heavy (non-hydrogen) atoms. The summed E-state index contributed by atoms with van der Waals surface area (Å²) in [6.07, 6.45) is 10.9. The summed E-state index contributed by atoms with van der Waals surface area (Å²) in [4.78, 5) is 23.1. The maximum Gasteiger partial charge on any atom is 0.460 e. The molecule has 0 fully saturated rings. The van der Waals surface area contributed by atoms with Crippen molar-refractivity contribution in [3.05, 3.63) is 0 Å². The second-order valence-corrected chi connectivity index (χ2v) is 9.86. The zero-order chi connectivity index (χ0) is 29.1. The third kappa shape index (κ3) is 14.0. The van der Waals surface area contributed by atoms with Crippen molar-refractivity contribution in [3.63, 3.8) is 0 Å². The van der Waals surface area contributed by atoms with E-state index < -0.39 is 36.1 Å². The molecule has 0 spiro atoms. The van der Waals surface area contributed by atoms with E-state index in [-0.39, 0.29) is 12.8 Å². The van der Waals surface area contributed by atoms with Crippen LogP contribution in [0.5, 0.6) is 0 Å². The van der Waals surface area contributed by atoms with Gasteiger partial charge in [0.2, 0.25) is 0 Å². The molecule has 0 aliphatic heterocycles. The Bertz CT molecular complexity index is 639. The van der Waals surface area contributed by atoms with Crippen LogP contribution in [0.3, 0.4) is 0 Å². The number of halogens is 7. The maximum absolute atomic E-state index is 13.5. The van der Waals surface area contributed by atoms with Crippen LogP contribution in [0.4, 0.5) is 30.7 Å². The van der Waals surface area contributed by atoms with E-state index in [1.54, 1.807) is 0 Å². The molecular weight excluding hydrogens is 521 g/mol. The van der Waals surface area contributed by atoms with Crippen molar-refractivity contribution in [2.75, 3.05) is 7.11 Å². The van der Waals surface area contributed by atoms with Gasteiger partial charge in [-0.1, -0.05) is 116 Å². The predicted octanol–water partition coefficient (Wildman–Crippen LogP) is 9.34. The highest BCUT2D eigenvalue weighted by Gasteiger charge is 2.77. The largest absolute Gasteiger partial charge is 0.466 e. The first-order valence-corrected chi connectivity index (χ1v) is 13.9. The minimum atomic E-state index is -6.68. The monoisotopic (exact) mass is 566 g/mol. The van der Waals surface area contributed by atoms with Gasteiger partial charge in [-0.2, -0.15) is 30.7 Å². The normalized spacial score (nSPS) is 13.4. The molecule has 0 saturated carbocycles. The topological polar surface area (TPSA) is 52.6 Å². The van der Waals surface area contributed by atoms with Crippen LogP contribution in [-0.2, 0) is 19.1 Å². The first kappa shape index (κ1) is 36.5. The average Bonchev–Trinajstić information content (AvgIpc) is 2.85. The first-order chi connectivity index (χ1) is 17.8. The van der Waals surface area contributed by atoms with Crippen molar-refractivity contribution in [3.8, 4) is 0 Å². The lowest BCUT2D eigenvalue weighted by Crippen LogP contribution is -2.57. The summed E-state index contributed by atoms with van der Waals surface area (Å²) < 4.78 is 98.1. The molecule has 0 aliphatic carbocycles. The van der Waals surface area contributed by atoms with Gasteiger partial charge in [0.1, 0.15) is 0 Å². The summed E-state index contributed by atoms with van der Waals surface area (Å²) in [5.41, 5.74) is 0. The first-order valence-electron chi connectivity index (χ1n) is 13.9. The summed E-state index contributed by atoms with van der Waals surface area (Å²) in [7, 11) is 0.848. The molecule has 0 aromatic heterocycles. The summed E-state index contributed by atoms with van der Waals surface area (Å²) in [6.45, 7) is 2.22. The zero-order valence-electron chi connectivity index (χ0n) is 22.8. The molecule has 0 saturated heterocycles. The zero-order valence-corrected chi connectivity index (χ0v) is 22.8. The van der Waals surface area contributed by atoms with Gasteiger partial charge in [0.15, 0.2) is 6.10 Å². The molecule has 0 N–H and O–H groups in total. The number of carbonyl (C=O) groups is 2. The molecule has 0 rings (SSSR count). The molecule has 0 heterocycles. The van der Waals surface area contributed by atoms with Crippen LogP contribution in [0.25, 0.3) is 0 Å². The van der Waals surface area contributed by atoms with Crippen molar-refractivity contribution in [1.29, 1.82) is 0 Å². The Balaban J connectivity index is 4.02. The molecular formula is C27H45F7O4. The Kier molecular flexibility index (Phi) is 18.7. The Morgan fingerprint density at radius 2 is 0.947 bits per heavy atom. The summed E-state index contributed by atoms with van der Waals surface area (Å²) in [5, 5.41) is 0. The molecule has 0 aromatic carbocycles. The van der Waals surface area contributed by atoms with Gasteiger partial charge >= 0.3 is 30.0 Å². The fraction of sp³-hybridized carbons (Fsp3) is 0.926. The molecule has 0 aliphatic rings. The van der Waals surface area contributed by atoms with E-state index in [1.165, 1.54) is 70.6 Å². The van der Waals surface area contributed by atoms with Gasteiger partial charge in [0, 0.05) is 0 Å². The fourth-order valence-electron chi connectivity index (χ4n) is 4.10. The molecule has 0 amide bonds. The quantitative estimate of drug-likeness (QED) is 0.0703. The van der Waals surface area contributed by atoms with Gasteiger partial charge in [-0.05, 0) is 12.8 Å². The van der Waals surface area contributed by atoms with Crippen molar-refractivity contribution in [1.82, 2.24) is 0 Å². The Labute approximate surface area is 222 Å². The minimum Gasteiger partial charge on any atom is -0.466 e. The van der Waals surface area contributed by atoms with Crippen molar-refractivity contribution in [2.24, 2.45) is 0 Å². The van der Waals surface area contributed by atoms with Crippen LogP contribution in [-0.4, -0.2) is 43.2 Å². The number of methoxy groups -OCH3 is 1. The van der Waals surface area contributed by atoms with Crippen LogP contribution >= 0.6 is 0 Å². The van der Waals surface area contributed by atoms with Crippen LogP contribution in [0, 0.1) is 0 Å². The molecule has 4 nitrogen and oxygen atoms in total. The predicted molar refractivity (Wildman–Crippen MR) is 131 cm³/mol. The van der Waals surface area contributed by atoms with Gasteiger partial charge in [-0.25, -0.2) is 9.59 Å². The number of unbranched alkanes of at least 4 members (excludes halogenated alkanes) is 17. The van der Waals surface area contributed by atoms with Gasteiger partial charge in [-0.3, -0.25) is 0 Å². The standard InChI is InChI=1S/C27H45F7O4/c1-3-4-5-6-7-8-9-10-11-12-13-14-15-16-17-18-19-20-21-22(23(35)37-2)38-24(36)25(28,29)26(30,31)27(32,33)34/h22H,3-21H2,1-2H3. The second-order valence-electron chi connectivity index (χ2n) is 9.86. The number of alkyl halides is 7. The fourth-order valence-corrected chi connectivity index (χ4v) is 4.10. The lowest BCUT2D eigenvalue weighted by atomic mass is 10.0. The number of hydrogen-bond donors (Lipinski definition) is 0. The molecule has 0 aromatic rings. The number of esters is 2. The van der Waals surface area contributed by atoms with E-state index in [0.717, 1.165) is 39.2 Å². The van der Waals surface area contributed by atoms with Crippen LogP contribution in [0.1, 0.15) is 129 Å². The van der Waals surface area contributed by atoms with Crippen LogP contribution in [0.15, 0.2) is 0 Å². The SMILES string of the molecule is CCCCCCCCCCCCCCCCCCCCC(OC(=O)C(F)(F)C(F)(F)C(F)(F)F)C(=O)OC. The second kappa shape index (κ2) is 19.5. The molecule has 11 heteroatoms. The molecule has 0 bridgehead atoms. The number of rotatable bonds is 23. The summed E-state index contributed by atoms with van der Waals surface area (Å²) in [6, 6.07) is 0. The number of ether oxygens (including phenoxy) is 2. The van der Waals surface area contributed by atoms with E-state index >= 15 is 0 Å². The Morgan fingerprint density at radius 3 is 1.26 bits per heavy atom. The molecule has 1 atom stereocenters. The van der Waals surface area contributed by atoms with E-state index in [4.69, 9.17) is 0 Å². The third-order valence-electron chi connectivity index (χ3n) is 6.54.